The van der Waals surface area contributed by atoms with Gasteiger partial charge < -0.3 is 15.2 Å². The molecule has 3 unspecified atom stereocenters. The van der Waals surface area contributed by atoms with Gasteiger partial charge >= 0.3 is 0 Å². The van der Waals surface area contributed by atoms with Crippen LogP contribution >= 0.6 is 0 Å². The minimum atomic E-state index is -0.544. The molecular formula is C16H24N2O2. The van der Waals surface area contributed by atoms with Crippen molar-refractivity contribution in [3.05, 3.63) is 29.8 Å². The van der Waals surface area contributed by atoms with Crippen LogP contribution in [0.5, 0.6) is 5.75 Å². The molecule has 0 spiro atoms. The summed E-state index contributed by atoms with van der Waals surface area (Å²) in [6, 6.07) is 9.30. The molecule has 0 heterocycles. The van der Waals surface area contributed by atoms with E-state index in [9.17, 15) is 5.11 Å². The number of rotatable bonds is 8. The van der Waals surface area contributed by atoms with E-state index in [1.165, 1.54) is 0 Å². The minimum absolute atomic E-state index is 0.242. The maximum Gasteiger partial charge on any atom is 0.119 e. The van der Waals surface area contributed by atoms with Crippen LogP contribution in [-0.2, 0) is 0 Å². The third-order valence-electron chi connectivity index (χ3n) is 3.60. The van der Waals surface area contributed by atoms with E-state index in [0.29, 0.717) is 29.8 Å². The Hall–Kier alpha value is -1.57. The van der Waals surface area contributed by atoms with Crippen LogP contribution in [0.3, 0.4) is 0 Å². The van der Waals surface area contributed by atoms with Gasteiger partial charge in [-0.25, -0.2) is 0 Å². The molecule has 0 aliphatic carbocycles. The number of aliphatic hydroxyl groups is 1. The fraction of sp³-hybridized carbons (Fsp3) is 0.562. The number of nitriles is 1. The molecule has 20 heavy (non-hydrogen) atoms. The summed E-state index contributed by atoms with van der Waals surface area (Å²) in [4.78, 5) is 0. The minimum Gasteiger partial charge on any atom is -0.491 e. The van der Waals surface area contributed by atoms with Crippen molar-refractivity contribution < 1.29 is 9.84 Å². The predicted molar refractivity (Wildman–Crippen MR) is 79.6 cm³/mol. The molecule has 4 heteroatoms. The number of hydrogen-bond donors (Lipinski definition) is 2. The molecule has 0 fully saturated rings. The third-order valence-corrected chi connectivity index (χ3v) is 3.60. The van der Waals surface area contributed by atoms with Crippen molar-refractivity contribution in [2.75, 3.05) is 13.2 Å². The molecule has 0 radical (unpaired) electrons. The third kappa shape index (κ3) is 5.60. The summed E-state index contributed by atoms with van der Waals surface area (Å²) in [7, 11) is 0. The van der Waals surface area contributed by atoms with Gasteiger partial charge in [0.15, 0.2) is 0 Å². The average molecular weight is 276 g/mol. The van der Waals surface area contributed by atoms with Crippen LogP contribution in [0.2, 0.25) is 0 Å². The number of ether oxygens (including phenoxy) is 1. The van der Waals surface area contributed by atoms with Crippen LogP contribution in [0, 0.1) is 17.2 Å². The highest BCUT2D eigenvalue weighted by molar-refractivity contribution is 5.34. The molecule has 1 aromatic rings. The molecule has 0 saturated carbocycles. The van der Waals surface area contributed by atoms with Crippen molar-refractivity contribution in [1.82, 2.24) is 5.32 Å². The van der Waals surface area contributed by atoms with E-state index in [2.05, 4.69) is 32.2 Å². The fourth-order valence-corrected chi connectivity index (χ4v) is 1.75. The lowest BCUT2D eigenvalue weighted by Crippen LogP contribution is -2.39. The Labute approximate surface area is 121 Å². The highest BCUT2D eigenvalue weighted by Gasteiger charge is 2.12. The van der Waals surface area contributed by atoms with E-state index in [0.717, 1.165) is 6.42 Å². The van der Waals surface area contributed by atoms with Gasteiger partial charge in [-0.05, 0) is 37.1 Å². The summed E-state index contributed by atoms with van der Waals surface area (Å²) >= 11 is 0. The molecule has 2 N–H and O–H groups in total. The molecule has 0 bridgehead atoms. The van der Waals surface area contributed by atoms with Gasteiger partial charge in [0.05, 0.1) is 11.6 Å². The van der Waals surface area contributed by atoms with Crippen molar-refractivity contribution in [3.63, 3.8) is 0 Å². The standard InChI is InChI=1S/C16H24N2O2/c1-4-12(2)13(3)18-10-15(19)11-20-16-7-5-14(9-17)6-8-16/h5-8,12-13,15,18-19H,4,10-11H2,1-3H3. The smallest absolute Gasteiger partial charge is 0.119 e. The zero-order valence-electron chi connectivity index (χ0n) is 12.5. The summed E-state index contributed by atoms with van der Waals surface area (Å²) < 4.78 is 5.49. The molecule has 4 nitrogen and oxygen atoms in total. The Balaban J connectivity index is 2.29. The average Bonchev–Trinajstić information content (AvgIpc) is 2.50. The summed E-state index contributed by atoms with van der Waals surface area (Å²) in [6.45, 7) is 7.24. The van der Waals surface area contributed by atoms with Crippen LogP contribution in [0.25, 0.3) is 0 Å². The Morgan fingerprint density at radius 2 is 1.95 bits per heavy atom. The molecule has 0 aliphatic rings. The molecule has 0 aromatic heterocycles. The highest BCUT2D eigenvalue weighted by atomic mass is 16.5. The van der Waals surface area contributed by atoms with Gasteiger partial charge in [0, 0.05) is 12.6 Å². The Morgan fingerprint density at radius 1 is 1.30 bits per heavy atom. The number of nitrogens with one attached hydrogen (secondary N) is 1. The Morgan fingerprint density at radius 3 is 2.50 bits per heavy atom. The zero-order valence-corrected chi connectivity index (χ0v) is 12.5. The van der Waals surface area contributed by atoms with E-state index in [4.69, 9.17) is 10.00 Å². The van der Waals surface area contributed by atoms with Gasteiger partial charge in [-0.15, -0.1) is 0 Å². The van der Waals surface area contributed by atoms with E-state index in [-0.39, 0.29) is 6.61 Å². The summed E-state index contributed by atoms with van der Waals surface area (Å²) in [5, 5.41) is 21.9. The van der Waals surface area contributed by atoms with E-state index in [1.54, 1.807) is 24.3 Å². The molecule has 110 valence electrons. The number of hydrogen-bond acceptors (Lipinski definition) is 4. The first-order chi connectivity index (χ1) is 9.56. The molecule has 3 atom stereocenters. The summed E-state index contributed by atoms with van der Waals surface area (Å²) in [5.41, 5.74) is 0.599. The first-order valence-corrected chi connectivity index (χ1v) is 7.11. The molecule has 0 aliphatic heterocycles. The van der Waals surface area contributed by atoms with Crippen molar-refractivity contribution >= 4 is 0 Å². The topological polar surface area (TPSA) is 65.3 Å². The van der Waals surface area contributed by atoms with Gasteiger partial charge in [-0.2, -0.15) is 5.26 Å². The van der Waals surface area contributed by atoms with Crippen molar-refractivity contribution in [3.8, 4) is 11.8 Å². The highest BCUT2D eigenvalue weighted by Crippen LogP contribution is 2.12. The molecule has 1 rings (SSSR count). The van der Waals surface area contributed by atoms with Crippen LogP contribution in [-0.4, -0.2) is 30.4 Å². The molecule has 0 saturated heterocycles. The second-order valence-corrected chi connectivity index (χ2v) is 5.18. The lowest BCUT2D eigenvalue weighted by atomic mass is 10.0. The molecule has 1 aromatic carbocycles. The van der Waals surface area contributed by atoms with Crippen LogP contribution in [0.4, 0.5) is 0 Å². The van der Waals surface area contributed by atoms with Crippen molar-refractivity contribution in [1.29, 1.82) is 5.26 Å². The Kier molecular flexibility index (Phi) is 7.06. The number of aliphatic hydroxyl groups excluding tert-OH is 1. The van der Waals surface area contributed by atoms with Crippen molar-refractivity contribution in [2.45, 2.75) is 39.3 Å². The van der Waals surface area contributed by atoms with Gasteiger partial charge in [0.25, 0.3) is 0 Å². The van der Waals surface area contributed by atoms with Gasteiger partial charge in [-0.1, -0.05) is 20.3 Å². The number of benzene rings is 1. The largest absolute Gasteiger partial charge is 0.491 e. The monoisotopic (exact) mass is 276 g/mol. The van der Waals surface area contributed by atoms with Crippen LogP contribution < -0.4 is 10.1 Å². The SMILES string of the molecule is CCC(C)C(C)NCC(O)COc1ccc(C#N)cc1. The van der Waals surface area contributed by atoms with E-state index >= 15 is 0 Å². The van der Waals surface area contributed by atoms with Gasteiger partial charge in [0.2, 0.25) is 0 Å². The van der Waals surface area contributed by atoms with Crippen LogP contribution in [0.15, 0.2) is 24.3 Å². The maximum absolute atomic E-state index is 9.87. The van der Waals surface area contributed by atoms with E-state index in [1.807, 2.05) is 0 Å². The summed E-state index contributed by atoms with van der Waals surface area (Å²) in [6.07, 6.45) is 0.573. The predicted octanol–water partition coefficient (Wildman–Crippen LogP) is 2.32. The fourth-order valence-electron chi connectivity index (χ4n) is 1.75. The second-order valence-electron chi connectivity index (χ2n) is 5.18. The zero-order chi connectivity index (χ0) is 15.0. The molecule has 0 amide bonds. The second kappa shape index (κ2) is 8.57. The van der Waals surface area contributed by atoms with Crippen molar-refractivity contribution in [2.24, 2.45) is 5.92 Å². The quantitative estimate of drug-likeness (QED) is 0.765. The van der Waals surface area contributed by atoms with Gasteiger partial charge in [-0.3, -0.25) is 0 Å². The maximum atomic E-state index is 9.87. The summed E-state index contributed by atoms with van der Waals surface area (Å²) in [5.74, 6) is 1.25. The first-order valence-electron chi connectivity index (χ1n) is 7.11. The Bertz CT molecular complexity index is 425. The van der Waals surface area contributed by atoms with E-state index < -0.39 is 6.10 Å². The van der Waals surface area contributed by atoms with Crippen LogP contribution in [0.1, 0.15) is 32.8 Å². The normalized spacial score (nSPS) is 15.2. The molecular weight excluding hydrogens is 252 g/mol. The lowest BCUT2D eigenvalue weighted by Gasteiger charge is -2.22. The number of nitrogens with zero attached hydrogens (tertiary/aromatic N) is 1. The van der Waals surface area contributed by atoms with Gasteiger partial charge in [0.1, 0.15) is 18.5 Å². The first kappa shape index (κ1) is 16.5. The lowest BCUT2D eigenvalue weighted by molar-refractivity contribution is 0.102.